The van der Waals surface area contributed by atoms with Gasteiger partial charge < -0.3 is 4.90 Å². The summed E-state index contributed by atoms with van der Waals surface area (Å²) < 4.78 is 42.2. The summed E-state index contributed by atoms with van der Waals surface area (Å²) in [4.78, 5) is 14.4. The van der Waals surface area contributed by atoms with Crippen molar-refractivity contribution in [3.8, 4) is 5.69 Å². The minimum absolute atomic E-state index is 0.323. The van der Waals surface area contributed by atoms with E-state index in [2.05, 4.69) is 5.10 Å². The van der Waals surface area contributed by atoms with Crippen molar-refractivity contribution in [1.82, 2.24) is 14.7 Å². The van der Waals surface area contributed by atoms with Gasteiger partial charge in [0.2, 0.25) is 0 Å². The fourth-order valence-electron chi connectivity index (χ4n) is 3.51. The molecule has 1 unspecified atom stereocenters. The van der Waals surface area contributed by atoms with Crippen molar-refractivity contribution >= 4 is 5.91 Å². The highest BCUT2D eigenvalue weighted by atomic mass is 19.4. The molecular weight excluding hydrogens is 343 g/mol. The lowest BCUT2D eigenvalue weighted by molar-refractivity contribution is -0.143. The Balaban J connectivity index is 2.03. The highest BCUT2D eigenvalue weighted by Gasteiger charge is 2.42. The topological polar surface area (TPSA) is 38.1 Å². The fraction of sp³-hybridized carbons (Fsp3) is 0.474. The maximum atomic E-state index is 13.8. The lowest BCUT2D eigenvalue weighted by atomic mass is 9.95. The quantitative estimate of drug-likeness (QED) is 0.805. The molecule has 1 amide bonds. The van der Waals surface area contributed by atoms with Gasteiger partial charge in [0.25, 0.3) is 5.91 Å². The van der Waals surface area contributed by atoms with E-state index in [0.29, 0.717) is 30.3 Å². The Labute approximate surface area is 150 Å². The molecule has 7 heteroatoms. The average Bonchev–Trinajstić information content (AvgIpc) is 3.06. The number of likely N-dealkylation sites (tertiary alicyclic amines) is 1. The summed E-state index contributed by atoms with van der Waals surface area (Å²) in [6, 6.07) is 6.69. The van der Waals surface area contributed by atoms with Crippen molar-refractivity contribution in [2.24, 2.45) is 5.92 Å². The number of hydrogen-bond donors (Lipinski definition) is 0. The second-order valence-corrected chi connectivity index (χ2v) is 6.77. The zero-order valence-corrected chi connectivity index (χ0v) is 14.9. The Morgan fingerprint density at radius 2 is 2.04 bits per heavy atom. The highest BCUT2D eigenvalue weighted by Crippen LogP contribution is 2.35. The second-order valence-electron chi connectivity index (χ2n) is 6.77. The standard InChI is InChI=1S/C19H22F3N3O/c1-3-14-8-6-10-24(12-14)18(26)15-11-23-25(17(15)19(20,21)22)16-9-5-4-7-13(16)2/h4-5,7,9,11,14H,3,6,8,10,12H2,1-2H3. The maximum Gasteiger partial charge on any atom is 0.434 e. The molecule has 1 aliphatic rings. The van der Waals surface area contributed by atoms with Crippen LogP contribution in [0.4, 0.5) is 13.2 Å². The molecule has 3 rings (SSSR count). The minimum atomic E-state index is -4.68. The van der Waals surface area contributed by atoms with E-state index in [-0.39, 0.29) is 5.56 Å². The van der Waals surface area contributed by atoms with Gasteiger partial charge in [-0.05, 0) is 37.3 Å². The molecule has 4 nitrogen and oxygen atoms in total. The van der Waals surface area contributed by atoms with Gasteiger partial charge >= 0.3 is 6.18 Å². The number of carbonyl (C=O) groups is 1. The van der Waals surface area contributed by atoms with Crippen LogP contribution in [0.25, 0.3) is 5.69 Å². The predicted molar refractivity (Wildman–Crippen MR) is 92.2 cm³/mol. The van der Waals surface area contributed by atoms with Crippen LogP contribution in [-0.4, -0.2) is 33.7 Å². The van der Waals surface area contributed by atoms with E-state index in [9.17, 15) is 18.0 Å². The van der Waals surface area contributed by atoms with Crippen LogP contribution in [0.3, 0.4) is 0 Å². The summed E-state index contributed by atoms with van der Waals surface area (Å²) in [5.74, 6) is -0.247. The number of rotatable bonds is 3. The van der Waals surface area contributed by atoms with Crippen LogP contribution >= 0.6 is 0 Å². The van der Waals surface area contributed by atoms with Crippen molar-refractivity contribution in [3.63, 3.8) is 0 Å². The molecule has 1 fully saturated rings. The summed E-state index contributed by atoms with van der Waals surface area (Å²) in [6.45, 7) is 4.75. The third kappa shape index (κ3) is 3.48. The summed E-state index contributed by atoms with van der Waals surface area (Å²) >= 11 is 0. The highest BCUT2D eigenvalue weighted by molar-refractivity contribution is 5.95. The molecule has 0 saturated carbocycles. The fourth-order valence-corrected chi connectivity index (χ4v) is 3.51. The first-order valence-electron chi connectivity index (χ1n) is 8.83. The van der Waals surface area contributed by atoms with Crippen molar-refractivity contribution in [2.45, 2.75) is 39.3 Å². The molecule has 0 bridgehead atoms. The first-order valence-corrected chi connectivity index (χ1v) is 8.83. The minimum Gasteiger partial charge on any atom is -0.338 e. The molecule has 1 aromatic heterocycles. The number of aryl methyl sites for hydroxylation is 1. The van der Waals surface area contributed by atoms with E-state index < -0.39 is 17.8 Å². The van der Waals surface area contributed by atoms with Gasteiger partial charge in [0, 0.05) is 13.1 Å². The lowest BCUT2D eigenvalue weighted by Crippen LogP contribution is -2.40. The van der Waals surface area contributed by atoms with Gasteiger partial charge in [-0.2, -0.15) is 18.3 Å². The van der Waals surface area contributed by atoms with E-state index >= 15 is 0 Å². The zero-order chi connectivity index (χ0) is 18.9. The first kappa shape index (κ1) is 18.5. The number of amides is 1. The monoisotopic (exact) mass is 365 g/mol. The summed E-state index contributed by atoms with van der Waals surface area (Å²) in [6.07, 6.45) is -0.887. The number of para-hydroxylation sites is 1. The van der Waals surface area contributed by atoms with Crippen molar-refractivity contribution in [2.75, 3.05) is 13.1 Å². The number of halogens is 3. The summed E-state index contributed by atoms with van der Waals surface area (Å²) in [5, 5.41) is 3.92. The Morgan fingerprint density at radius 3 is 2.69 bits per heavy atom. The van der Waals surface area contributed by atoms with Gasteiger partial charge in [0.05, 0.1) is 17.4 Å². The number of piperidine rings is 1. The van der Waals surface area contributed by atoms with Crippen molar-refractivity contribution in [3.05, 3.63) is 47.3 Å². The van der Waals surface area contributed by atoms with E-state index in [1.807, 2.05) is 6.92 Å². The Morgan fingerprint density at radius 1 is 1.31 bits per heavy atom. The Hall–Kier alpha value is -2.31. The number of nitrogens with zero attached hydrogens (tertiary/aromatic N) is 3. The van der Waals surface area contributed by atoms with E-state index in [1.165, 1.54) is 4.90 Å². The number of carbonyl (C=O) groups excluding carboxylic acids is 1. The molecule has 0 aliphatic carbocycles. The van der Waals surface area contributed by atoms with Crippen LogP contribution in [0.15, 0.2) is 30.5 Å². The molecule has 0 radical (unpaired) electrons. The molecule has 2 heterocycles. The number of hydrogen-bond acceptors (Lipinski definition) is 2. The van der Waals surface area contributed by atoms with Crippen LogP contribution < -0.4 is 0 Å². The molecule has 0 spiro atoms. The molecule has 2 aromatic rings. The Kier molecular flexibility index (Phi) is 5.07. The van der Waals surface area contributed by atoms with Crippen LogP contribution in [-0.2, 0) is 6.18 Å². The van der Waals surface area contributed by atoms with Crippen LogP contribution in [0.5, 0.6) is 0 Å². The molecular formula is C19H22F3N3O. The van der Waals surface area contributed by atoms with Crippen molar-refractivity contribution in [1.29, 1.82) is 0 Å². The molecule has 0 N–H and O–H groups in total. The third-order valence-corrected chi connectivity index (χ3v) is 5.00. The lowest BCUT2D eigenvalue weighted by Gasteiger charge is -2.32. The molecule has 1 aliphatic heterocycles. The number of alkyl halides is 3. The van der Waals surface area contributed by atoms with Crippen LogP contribution in [0, 0.1) is 12.8 Å². The maximum absolute atomic E-state index is 13.8. The SMILES string of the molecule is CCC1CCCN(C(=O)c2cnn(-c3ccccc3C)c2C(F)(F)F)C1. The predicted octanol–water partition coefficient (Wildman–Crippen LogP) is 4.46. The Bertz CT molecular complexity index is 798. The van der Waals surface area contributed by atoms with Gasteiger partial charge in [-0.25, -0.2) is 4.68 Å². The summed E-state index contributed by atoms with van der Waals surface area (Å²) in [5.41, 5.74) is -0.402. The van der Waals surface area contributed by atoms with E-state index in [4.69, 9.17) is 0 Å². The van der Waals surface area contributed by atoms with Gasteiger partial charge in [-0.3, -0.25) is 4.79 Å². The number of aromatic nitrogens is 2. The zero-order valence-electron chi connectivity index (χ0n) is 14.9. The van der Waals surface area contributed by atoms with E-state index in [1.54, 1.807) is 31.2 Å². The molecule has 1 atom stereocenters. The second kappa shape index (κ2) is 7.13. The van der Waals surface area contributed by atoms with E-state index in [0.717, 1.165) is 30.1 Å². The van der Waals surface area contributed by atoms with Gasteiger partial charge in [0.15, 0.2) is 5.69 Å². The molecule has 26 heavy (non-hydrogen) atoms. The number of benzene rings is 1. The van der Waals surface area contributed by atoms with Gasteiger partial charge in [-0.15, -0.1) is 0 Å². The average molecular weight is 365 g/mol. The van der Waals surface area contributed by atoms with Crippen LogP contribution in [0.1, 0.15) is 47.8 Å². The largest absolute Gasteiger partial charge is 0.434 e. The van der Waals surface area contributed by atoms with Crippen molar-refractivity contribution < 1.29 is 18.0 Å². The molecule has 1 saturated heterocycles. The normalized spacial score (nSPS) is 18.2. The van der Waals surface area contributed by atoms with Gasteiger partial charge in [-0.1, -0.05) is 31.5 Å². The van der Waals surface area contributed by atoms with Crippen LogP contribution in [0.2, 0.25) is 0 Å². The third-order valence-electron chi connectivity index (χ3n) is 5.00. The summed E-state index contributed by atoms with van der Waals surface area (Å²) in [7, 11) is 0. The molecule has 140 valence electrons. The van der Waals surface area contributed by atoms with Gasteiger partial charge in [0.1, 0.15) is 0 Å². The first-order chi connectivity index (χ1) is 12.3. The molecule has 1 aromatic carbocycles. The smallest absolute Gasteiger partial charge is 0.338 e.